The molecule has 0 saturated carbocycles. The number of carbonyl (C=O) groups excluding carboxylic acids is 1. The third-order valence-electron chi connectivity index (χ3n) is 3.03. The Hall–Kier alpha value is -1.56. The fourth-order valence-electron chi connectivity index (χ4n) is 1.49. The fourth-order valence-corrected chi connectivity index (χ4v) is 2.28. The van der Waals surface area contributed by atoms with Crippen LogP contribution in [0.5, 0.6) is 5.75 Å². The number of rotatable bonds is 6. The van der Waals surface area contributed by atoms with Crippen LogP contribution >= 0.6 is 11.3 Å². The largest absolute Gasteiger partial charge is 0.479 e. The Kier molecular flexibility index (Phi) is 5.16. The summed E-state index contributed by atoms with van der Waals surface area (Å²) >= 11 is 1.14. The zero-order chi connectivity index (χ0) is 15.5. The Balaban J connectivity index is 2.78. The van der Waals surface area contributed by atoms with Crippen molar-refractivity contribution in [1.82, 2.24) is 5.32 Å². The van der Waals surface area contributed by atoms with Gasteiger partial charge < -0.3 is 15.2 Å². The van der Waals surface area contributed by atoms with Gasteiger partial charge in [0, 0.05) is 10.4 Å². The maximum absolute atomic E-state index is 12.0. The number of hydrogen-bond acceptors (Lipinski definition) is 4. The molecule has 5 nitrogen and oxygen atoms in total. The Morgan fingerprint density at radius 3 is 2.60 bits per heavy atom. The second kappa shape index (κ2) is 6.26. The number of carboxylic acid groups (broad SMARTS) is 1. The second-order valence-electron chi connectivity index (χ2n) is 5.34. The molecule has 112 valence electrons. The van der Waals surface area contributed by atoms with E-state index in [0.29, 0.717) is 0 Å². The van der Waals surface area contributed by atoms with Gasteiger partial charge in [0.25, 0.3) is 5.91 Å². The van der Waals surface area contributed by atoms with Crippen molar-refractivity contribution in [3.8, 4) is 5.75 Å². The van der Waals surface area contributed by atoms with E-state index in [2.05, 4.69) is 5.32 Å². The average Bonchev–Trinajstić information content (AvgIpc) is 2.69. The van der Waals surface area contributed by atoms with Gasteiger partial charge in [-0.3, -0.25) is 4.79 Å². The van der Waals surface area contributed by atoms with Gasteiger partial charge in [-0.2, -0.15) is 0 Å². The Labute approximate surface area is 123 Å². The van der Waals surface area contributed by atoms with Crippen LogP contribution in [-0.2, 0) is 4.79 Å². The van der Waals surface area contributed by atoms with E-state index in [1.54, 1.807) is 19.9 Å². The van der Waals surface area contributed by atoms with Crippen molar-refractivity contribution in [1.29, 1.82) is 0 Å². The molecular formula is C14H21NO4S. The number of thiophene rings is 1. The standard InChI is InChI=1S/C14H21NO4S/c1-6-14(4,5)15-12(16)9(3)19-10-7-8(2)20-11(10)13(17)18/h7,9H,6H2,1-5H3,(H,15,16)(H,17,18). The van der Waals surface area contributed by atoms with Crippen LogP contribution in [-0.4, -0.2) is 28.6 Å². The van der Waals surface area contributed by atoms with E-state index >= 15 is 0 Å². The molecule has 6 heteroatoms. The molecule has 1 unspecified atom stereocenters. The molecule has 1 amide bonds. The van der Waals surface area contributed by atoms with Crippen molar-refractivity contribution >= 4 is 23.2 Å². The van der Waals surface area contributed by atoms with Crippen LogP contribution in [0.15, 0.2) is 6.07 Å². The van der Waals surface area contributed by atoms with Crippen molar-refractivity contribution in [2.75, 3.05) is 0 Å². The summed E-state index contributed by atoms with van der Waals surface area (Å²) in [5.74, 6) is -1.05. The third-order valence-corrected chi connectivity index (χ3v) is 4.05. The number of ether oxygens (including phenoxy) is 1. The quantitative estimate of drug-likeness (QED) is 0.847. The molecule has 1 rings (SSSR count). The summed E-state index contributed by atoms with van der Waals surface area (Å²) in [4.78, 5) is 24.1. The molecule has 0 spiro atoms. The van der Waals surface area contributed by atoms with Crippen molar-refractivity contribution in [3.63, 3.8) is 0 Å². The molecule has 0 aliphatic heterocycles. The first kappa shape index (κ1) is 16.5. The molecule has 20 heavy (non-hydrogen) atoms. The van der Waals surface area contributed by atoms with Gasteiger partial charge in [0.2, 0.25) is 0 Å². The van der Waals surface area contributed by atoms with Crippen LogP contribution in [0.1, 0.15) is 48.7 Å². The van der Waals surface area contributed by atoms with Gasteiger partial charge in [-0.15, -0.1) is 11.3 Å². The second-order valence-corrected chi connectivity index (χ2v) is 6.60. The van der Waals surface area contributed by atoms with Crippen LogP contribution in [0.25, 0.3) is 0 Å². The van der Waals surface area contributed by atoms with E-state index in [-0.39, 0.29) is 22.1 Å². The number of aryl methyl sites for hydroxylation is 1. The van der Waals surface area contributed by atoms with E-state index in [9.17, 15) is 9.59 Å². The van der Waals surface area contributed by atoms with Gasteiger partial charge in [-0.25, -0.2) is 4.79 Å². The molecule has 1 aromatic rings. The number of nitrogens with one attached hydrogen (secondary N) is 1. The van der Waals surface area contributed by atoms with Crippen LogP contribution in [0, 0.1) is 6.92 Å². The fraction of sp³-hybridized carbons (Fsp3) is 0.571. The zero-order valence-corrected chi connectivity index (χ0v) is 13.3. The van der Waals surface area contributed by atoms with Crippen molar-refractivity contribution in [2.45, 2.75) is 52.7 Å². The lowest BCUT2D eigenvalue weighted by atomic mass is 10.0. The number of amides is 1. The van der Waals surface area contributed by atoms with E-state index in [0.717, 1.165) is 22.6 Å². The SMILES string of the molecule is CCC(C)(C)NC(=O)C(C)Oc1cc(C)sc1C(=O)O. The summed E-state index contributed by atoms with van der Waals surface area (Å²) in [5.41, 5.74) is -0.311. The molecule has 0 radical (unpaired) electrons. The third kappa shape index (κ3) is 4.23. The van der Waals surface area contributed by atoms with E-state index < -0.39 is 12.1 Å². The molecule has 2 N–H and O–H groups in total. The molecule has 1 heterocycles. The highest BCUT2D eigenvalue weighted by atomic mass is 32.1. The zero-order valence-electron chi connectivity index (χ0n) is 12.4. The van der Waals surface area contributed by atoms with Crippen LogP contribution in [0.3, 0.4) is 0 Å². The number of aromatic carboxylic acids is 1. The number of carboxylic acids is 1. The lowest BCUT2D eigenvalue weighted by molar-refractivity contribution is -0.129. The molecule has 1 atom stereocenters. The maximum atomic E-state index is 12.0. The van der Waals surface area contributed by atoms with Gasteiger partial charge in [0.05, 0.1) is 0 Å². The first-order valence-corrected chi connectivity index (χ1v) is 7.30. The Bertz CT molecular complexity index is 507. The first-order chi connectivity index (χ1) is 9.16. The number of hydrogen-bond donors (Lipinski definition) is 2. The topological polar surface area (TPSA) is 75.6 Å². The summed E-state index contributed by atoms with van der Waals surface area (Å²) in [6, 6.07) is 1.64. The molecule has 0 fully saturated rings. The minimum atomic E-state index is -1.04. The summed E-state index contributed by atoms with van der Waals surface area (Å²) in [6.07, 6.45) is 0.0524. The normalized spacial score (nSPS) is 12.8. The van der Waals surface area contributed by atoms with Crippen LogP contribution < -0.4 is 10.1 Å². The highest BCUT2D eigenvalue weighted by Crippen LogP contribution is 2.29. The molecule has 1 aromatic heterocycles. The number of carbonyl (C=O) groups is 2. The molecule has 0 aromatic carbocycles. The predicted octanol–water partition coefficient (Wildman–Crippen LogP) is 2.83. The van der Waals surface area contributed by atoms with E-state index in [4.69, 9.17) is 9.84 Å². The maximum Gasteiger partial charge on any atom is 0.349 e. The van der Waals surface area contributed by atoms with E-state index in [1.807, 2.05) is 20.8 Å². The minimum Gasteiger partial charge on any atom is -0.479 e. The average molecular weight is 299 g/mol. The van der Waals surface area contributed by atoms with Gasteiger partial charge >= 0.3 is 5.97 Å². The smallest absolute Gasteiger partial charge is 0.349 e. The Morgan fingerprint density at radius 1 is 1.50 bits per heavy atom. The highest BCUT2D eigenvalue weighted by molar-refractivity contribution is 7.14. The molecular weight excluding hydrogens is 278 g/mol. The lowest BCUT2D eigenvalue weighted by Crippen LogP contribution is -2.48. The van der Waals surface area contributed by atoms with Crippen LogP contribution in [0.2, 0.25) is 0 Å². The van der Waals surface area contributed by atoms with Gasteiger partial charge in [0.1, 0.15) is 5.75 Å². The first-order valence-electron chi connectivity index (χ1n) is 6.48. The van der Waals surface area contributed by atoms with Crippen molar-refractivity contribution < 1.29 is 19.4 Å². The van der Waals surface area contributed by atoms with Crippen molar-refractivity contribution in [3.05, 3.63) is 15.8 Å². The monoisotopic (exact) mass is 299 g/mol. The summed E-state index contributed by atoms with van der Waals surface area (Å²) in [6.45, 7) is 9.25. The van der Waals surface area contributed by atoms with Crippen molar-refractivity contribution in [2.24, 2.45) is 0 Å². The minimum absolute atomic E-state index is 0.122. The summed E-state index contributed by atoms with van der Waals surface area (Å²) in [7, 11) is 0. The molecule has 0 bridgehead atoms. The molecule has 0 aliphatic rings. The van der Waals surface area contributed by atoms with Gasteiger partial charge in [0.15, 0.2) is 11.0 Å². The summed E-state index contributed by atoms with van der Waals surface area (Å²) in [5, 5.41) is 12.0. The predicted molar refractivity (Wildman–Crippen MR) is 78.6 cm³/mol. The van der Waals surface area contributed by atoms with E-state index in [1.165, 1.54) is 0 Å². The summed E-state index contributed by atoms with van der Waals surface area (Å²) < 4.78 is 5.50. The van der Waals surface area contributed by atoms with Crippen LogP contribution in [0.4, 0.5) is 0 Å². The Morgan fingerprint density at radius 2 is 2.10 bits per heavy atom. The van der Waals surface area contributed by atoms with Gasteiger partial charge in [-0.05, 0) is 40.2 Å². The molecule has 0 aliphatic carbocycles. The lowest BCUT2D eigenvalue weighted by Gasteiger charge is -2.26. The highest BCUT2D eigenvalue weighted by Gasteiger charge is 2.25. The van der Waals surface area contributed by atoms with Gasteiger partial charge in [-0.1, -0.05) is 6.92 Å². The molecule has 0 saturated heterocycles.